The fraction of sp³-hybridized carbons (Fsp3) is 0.565. The third-order valence-corrected chi connectivity index (χ3v) is 7.28. The third kappa shape index (κ3) is 3.07. The highest BCUT2D eigenvalue weighted by atomic mass is 16.5. The average molecular weight is 408 g/mol. The molecule has 0 radical (unpaired) electrons. The van der Waals surface area contributed by atoms with Crippen LogP contribution in [0.2, 0.25) is 0 Å². The standard InChI is InChI=1S/C23H29N5O2/c1-4-19-14(2)5-6-21(27-19)28-11-18-17(20-7-8-23(18,12-28)30-20)10-25-22(29)16-9-24-13-26-15(16)3/h5-6,9,13,17-18,20H,4,7-8,10-12H2,1-3H3,(H,25,29)/t17-,18+,20+,23+/m0/s1. The summed E-state index contributed by atoms with van der Waals surface area (Å²) >= 11 is 0. The van der Waals surface area contributed by atoms with Gasteiger partial charge in [0.05, 0.1) is 23.0 Å². The zero-order valence-electron chi connectivity index (χ0n) is 17.9. The predicted molar refractivity (Wildman–Crippen MR) is 113 cm³/mol. The molecule has 5 rings (SSSR count). The molecule has 2 aromatic heterocycles. The van der Waals surface area contributed by atoms with Crippen LogP contribution in [0.5, 0.6) is 0 Å². The normalized spacial score (nSPS) is 29.3. The lowest BCUT2D eigenvalue weighted by Crippen LogP contribution is -2.42. The molecular formula is C23H29N5O2. The Morgan fingerprint density at radius 3 is 3.03 bits per heavy atom. The minimum Gasteiger partial charge on any atom is -0.369 e. The fourth-order valence-corrected chi connectivity index (χ4v) is 5.65. The average Bonchev–Trinajstić information content (AvgIpc) is 3.41. The second-order valence-electron chi connectivity index (χ2n) is 8.93. The van der Waals surface area contributed by atoms with Crippen molar-refractivity contribution in [1.82, 2.24) is 20.3 Å². The highest BCUT2D eigenvalue weighted by Crippen LogP contribution is 2.55. The lowest BCUT2D eigenvalue weighted by molar-refractivity contribution is 0.0141. The number of carbonyl (C=O) groups is 1. The molecule has 30 heavy (non-hydrogen) atoms. The minimum absolute atomic E-state index is 0.0925. The van der Waals surface area contributed by atoms with Crippen LogP contribution in [0.1, 0.15) is 47.1 Å². The lowest BCUT2D eigenvalue weighted by Gasteiger charge is -2.29. The number of anilines is 1. The number of hydrogen-bond donors (Lipinski definition) is 1. The maximum atomic E-state index is 12.7. The number of pyridine rings is 1. The number of aryl methyl sites for hydroxylation is 3. The summed E-state index contributed by atoms with van der Waals surface area (Å²) in [6, 6.07) is 4.31. The van der Waals surface area contributed by atoms with Crippen molar-refractivity contribution in [2.24, 2.45) is 11.8 Å². The summed E-state index contributed by atoms with van der Waals surface area (Å²) in [5.41, 5.74) is 3.56. The van der Waals surface area contributed by atoms with Gasteiger partial charge in [0.1, 0.15) is 12.1 Å². The molecule has 7 nitrogen and oxygen atoms in total. The van der Waals surface area contributed by atoms with E-state index in [1.165, 1.54) is 11.9 Å². The van der Waals surface area contributed by atoms with Crippen molar-refractivity contribution in [2.45, 2.75) is 51.7 Å². The fourth-order valence-electron chi connectivity index (χ4n) is 5.65. The SMILES string of the molecule is CCc1nc(N2C[C@@H]3[C@H](CNC(=O)c4cncnc4C)[C@H]4CC[C@]3(C2)O4)ccc1C. The molecule has 1 spiro atoms. The van der Waals surface area contributed by atoms with Gasteiger partial charge in [-0.25, -0.2) is 15.0 Å². The molecular weight excluding hydrogens is 378 g/mol. The summed E-state index contributed by atoms with van der Waals surface area (Å²) < 4.78 is 6.54. The number of nitrogens with zero attached hydrogens (tertiary/aromatic N) is 4. The van der Waals surface area contributed by atoms with Crippen LogP contribution in [0.15, 0.2) is 24.7 Å². The summed E-state index contributed by atoms with van der Waals surface area (Å²) in [6.45, 7) is 8.56. The van der Waals surface area contributed by atoms with Gasteiger partial charge in [-0.15, -0.1) is 0 Å². The maximum absolute atomic E-state index is 12.7. The van der Waals surface area contributed by atoms with Gasteiger partial charge in [-0.1, -0.05) is 13.0 Å². The Morgan fingerprint density at radius 2 is 2.23 bits per heavy atom. The van der Waals surface area contributed by atoms with E-state index in [2.05, 4.69) is 46.2 Å². The Balaban J connectivity index is 1.31. The monoisotopic (exact) mass is 407 g/mol. The number of amides is 1. The first kappa shape index (κ1) is 19.4. The molecule has 2 aromatic rings. The number of fused-ring (bicyclic) bond motifs is 1. The van der Waals surface area contributed by atoms with Gasteiger partial charge < -0.3 is 15.0 Å². The molecule has 3 fully saturated rings. The first-order valence-electron chi connectivity index (χ1n) is 10.9. The Labute approximate surface area is 177 Å². The summed E-state index contributed by atoms with van der Waals surface area (Å²) in [6.07, 6.45) is 6.40. The molecule has 2 bridgehead atoms. The van der Waals surface area contributed by atoms with E-state index in [1.54, 1.807) is 6.20 Å². The zero-order chi connectivity index (χ0) is 20.9. The summed E-state index contributed by atoms with van der Waals surface area (Å²) in [5, 5.41) is 3.12. The molecule has 3 aliphatic rings. The second kappa shape index (κ2) is 7.30. The minimum atomic E-state index is -0.104. The van der Waals surface area contributed by atoms with Crippen molar-refractivity contribution in [3.8, 4) is 0 Å². The van der Waals surface area contributed by atoms with Crippen molar-refractivity contribution in [3.63, 3.8) is 0 Å². The molecule has 7 heteroatoms. The van der Waals surface area contributed by atoms with Crippen LogP contribution in [0.3, 0.4) is 0 Å². The summed E-state index contributed by atoms with van der Waals surface area (Å²) in [4.78, 5) is 28.1. The molecule has 4 atom stereocenters. The number of ether oxygens (including phenoxy) is 1. The molecule has 158 valence electrons. The highest BCUT2D eigenvalue weighted by molar-refractivity contribution is 5.94. The first-order chi connectivity index (χ1) is 14.5. The van der Waals surface area contributed by atoms with Crippen molar-refractivity contribution in [1.29, 1.82) is 0 Å². The summed E-state index contributed by atoms with van der Waals surface area (Å²) in [7, 11) is 0. The summed E-state index contributed by atoms with van der Waals surface area (Å²) in [5.74, 6) is 1.69. The van der Waals surface area contributed by atoms with Crippen LogP contribution < -0.4 is 10.2 Å². The van der Waals surface area contributed by atoms with Gasteiger partial charge in [0.2, 0.25) is 0 Å². The topological polar surface area (TPSA) is 80.2 Å². The van der Waals surface area contributed by atoms with Crippen LogP contribution in [0.25, 0.3) is 0 Å². The predicted octanol–water partition coefficient (Wildman–Crippen LogP) is 2.46. The van der Waals surface area contributed by atoms with Gasteiger partial charge in [-0.05, 0) is 44.7 Å². The van der Waals surface area contributed by atoms with Crippen LogP contribution in [0.4, 0.5) is 5.82 Å². The van der Waals surface area contributed by atoms with Crippen LogP contribution in [-0.2, 0) is 11.2 Å². The van der Waals surface area contributed by atoms with E-state index in [1.807, 2.05) is 6.92 Å². The van der Waals surface area contributed by atoms with Crippen LogP contribution >= 0.6 is 0 Å². The molecule has 0 aromatic carbocycles. The van der Waals surface area contributed by atoms with Gasteiger partial charge >= 0.3 is 0 Å². The second-order valence-corrected chi connectivity index (χ2v) is 8.93. The highest BCUT2D eigenvalue weighted by Gasteiger charge is 2.63. The maximum Gasteiger partial charge on any atom is 0.254 e. The Morgan fingerprint density at radius 1 is 1.37 bits per heavy atom. The van der Waals surface area contributed by atoms with E-state index in [0.717, 1.165) is 43.9 Å². The number of aromatic nitrogens is 3. The first-order valence-corrected chi connectivity index (χ1v) is 10.9. The van der Waals surface area contributed by atoms with E-state index in [-0.39, 0.29) is 17.6 Å². The molecule has 3 aliphatic heterocycles. The largest absolute Gasteiger partial charge is 0.369 e. The number of hydrogen-bond acceptors (Lipinski definition) is 6. The van der Waals surface area contributed by atoms with E-state index < -0.39 is 0 Å². The molecule has 0 aliphatic carbocycles. The van der Waals surface area contributed by atoms with Gasteiger partial charge in [0.15, 0.2) is 0 Å². The molecule has 1 N–H and O–H groups in total. The number of nitrogens with one attached hydrogen (secondary N) is 1. The van der Waals surface area contributed by atoms with Gasteiger partial charge in [0, 0.05) is 43.4 Å². The lowest BCUT2D eigenvalue weighted by atomic mass is 9.73. The number of carbonyl (C=O) groups excluding carboxylic acids is 1. The Bertz CT molecular complexity index is 980. The van der Waals surface area contributed by atoms with Crippen molar-refractivity contribution < 1.29 is 9.53 Å². The van der Waals surface area contributed by atoms with Crippen LogP contribution in [0, 0.1) is 25.7 Å². The van der Waals surface area contributed by atoms with Gasteiger partial charge in [-0.3, -0.25) is 4.79 Å². The van der Waals surface area contributed by atoms with E-state index in [9.17, 15) is 4.79 Å². The Hall–Kier alpha value is -2.54. The van der Waals surface area contributed by atoms with E-state index in [4.69, 9.17) is 9.72 Å². The zero-order valence-corrected chi connectivity index (χ0v) is 17.9. The molecule has 1 amide bonds. The number of rotatable bonds is 5. The van der Waals surface area contributed by atoms with Gasteiger partial charge in [0.25, 0.3) is 5.91 Å². The third-order valence-electron chi connectivity index (χ3n) is 7.28. The van der Waals surface area contributed by atoms with Crippen molar-refractivity contribution in [2.75, 3.05) is 24.5 Å². The van der Waals surface area contributed by atoms with Crippen molar-refractivity contribution in [3.05, 3.63) is 47.2 Å². The van der Waals surface area contributed by atoms with Crippen molar-refractivity contribution >= 4 is 11.7 Å². The molecule has 3 saturated heterocycles. The Kier molecular flexibility index (Phi) is 4.73. The van der Waals surface area contributed by atoms with Gasteiger partial charge in [-0.2, -0.15) is 0 Å². The molecule has 5 heterocycles. The molecule has 0 saturated carbocycles. The van der Waals surface area contributed by atoms with Crippen LogP contribution in [-0.4, -0.2) is 52.2 Å². The smallest absolute Gasteiger partial charge is 0.254 e. The van der Waals surface area contributed by atoms with E-state index in [0.29, 0.717) is 29.6 Å². The quantitative estimate of drug-likeness (QED) is 0.820. The molecule has 0 unspecified atom stereocenters. The van der Waals surface area contributed by atoms with E-state index >= 15 is 0 Å².